The molecule has 0 fully saturated rings. The predicted octanol–water partition coefficient (Wildman–Crippen LogP) is 2.72. The number of benzene rings is 1. The summed E-state index contributed by atoms with van der Waals surface area (Å²) < 4.78 is 25.4. The number of anilines is 2. The van der Waals surface area contributed by atoms with Gasteiger partial charge in [0.1, 0.15) is 6.54 Å². The van der Waals surface area contributed by atoms with Gasteiger partial charge in [0, 0.05) is 18.3 Å². The third-order valence-electron chi connectivity index (χ3n) is 2.92. The maximum absolute atomic E-state index is 12.2. The smallest absolute Gasteiger partial charge is 0.257 e. The van der Waals surface area contributed by atoms with E-state index in [1.807, 2.05) is 18.2 Å². The highest BCUT2D eigenvalue weighted by atomic mass is 35.5. The summed E-state index contributed by atoms with van der Waals surface area (Å²) in [6.45, 7) is -0.490. The molecule has 0 unspecified atom stereocenters. The first-order valence-corrected chi connectivity index (χ1v) is 6.48. The van der Waals surface area contributed by atoms with Crippen molar-refractivity contribution in [1.82, 2.24) is 9.78 Å². The van der Waals surface area contributed by atoms with Crippen LogP contribution in [0.15, 0.2) is 36.7 Å². The molecule has 0 radical (unpaired) electrons. The average Bonchev–Trinajstić information content (AvgIpc) is 2.84. The highest BCUT2D eigenvalue weighted by molar-refractivity contribution is 5.90. The number of nitrogens with two attached hydrogens (primary N) is 1. The molecule has 22 heavy (non-hydrogen) atoms. The average molecular weight is 331 g/mol. The van der Waals surface area contributed by atoms with E-state index in [-0.39, 0.29) is 24.7 Å². The fourth-order valence-corrected chi connectivity index (χ4v) is 1.90. The normalized spacial score (nSPS) is 10.3. The topological polar surface area (TPSA) is 72.9 Å². The summed E-state index contributed by atoms with van der Waals surface area (Å²) >= 11 is 0. The van der Waals surface area contributed by atoms with Crippen LogP contribution in [-0.2, 0) is 17.8 Å². The Labute approximate surface area is 132 Å². The summed E-state index contributed by atoms with van der Waals surface area (Å²) in [5.41, 5.74) is 7.75. The highest BCUT2D eigenvalue weighted by Crippen LogP contribution is 2.13. The molecular formula is C14H17ClF2N4O. The number of carbonyl (C=O) groups is 1. The summed E-state index contributed by atoms with van der Waals surface area (Å²) in [5.74, 6) is -0.213. The second-order valence-corrected chi connectivity index (χ2v) is 4.59. The minimum Gasteiger partial charge on any atom is -0.399 e. The number of nitrogens with zero attached hydrogens (tertiary/aromatic N) is 2. The molecule has 0 aliphatic carbocycles. The number of hydrogen-bond donors (Lipinski definition) is 2. The summed E-state index contributed by atoms with van der Waals surface area (Å²) in [5, 5.41) is 6.36. The summed E-state index contributed by atoms with van der Waals surface area (Å²) in [6.07, 6.45) is 1.02. The van der Waals surface area contributed by atoms with Gasteiger partial charge >= 0.3 is 0 Å². The van der Waals surface area contributed by atoms with Crippen LogP contribution in [0.2, 0.25) is 0 Å². The van der Waals surface area contributed by atoms with Crippen LogP contribution in [0.3, 0.4) is 0 Å². The Morgan fingerprint density at radius 2 is 2.09 bits per heavy atom. The number of aromatic nitrogens is 2. The van der Waals surface area contributed by atoms with Gasteiger partial charge in [-0.15, -0.1) is 12.4 Å². The Morgan fingerprint density at radius 1 is 1.36 bits per heavy atom. The first-order chi connectivity index (χ1) is 10.0. The number of nitrogen functional groups attached to an aromatic ring is 1. The van der Waals surface area contributed by atoms with Crippen molar-refractivity contribution in [2.75, 3.05) is 11.1 Å². The molecule has 0 bridgehead atoms. The van der Waals surface area contributed by atoms with Crippen LogP contribution in [0.1, 0.15) is 12.0 Å². The quantitative estimate of drug-likeness (QED) is 0.800. The molecule has 5 nitrogen and oxygen atoms in total. The number of aryl methyl sites for hydroxylation is 1. The van der Waals surface area contributed by atoms with E-state index in [0.717, 1.165) is 10.2 Å². The number of alkyl halides is 2. The number of para-hydroxylation sites is 1. The fraction of sp³-hybridized carbons (Fsp3) is 0.286. The zero-order chi connectivity index (χ0) is 15.2. The molecule has 0 saturated heterocycles. The molecule has 0 atom stereocenters. The van der Waals surface area contributed by atoms with Crippen LogP contribution in [0, 0.1) is 0 Å². The first kappa shape index (κ1) is 17.9. The van der Waals surface area contributed by atoms with Crippen LogP contribution in [0.4, 0.5) is 20.2 Å². The lowest BCUT2D eigenvalue weighted by Gasteiger charge is -2.05. The van der Waals surface area contributed by atoms with Crippen molar-refractivity contribution in [3.05, 3.63) is 42.2 Å². The van der Waals surface area contributed by atoms with Crippen molar-refractivity contribution >= 4 is 29.7 Å². The van der Waals surface area contributed by atoms with Crippen molar-refractivity contribution < 1.29 is 13.6 Å². The van der Waals surface area contributed by atoms with Crippen molar-refractivity contribution in [2.45, 2.75) is 25.8 Å². The Hall–Kier alpha value is -2.15. The molecule has 1 heterocycles. The number of amides is 1. The minimum atomic E-state index is -2.48. The van der Waals surface area contributed by atoms with Crippen molar-refractivity contribution in [1.29, 1.82) is 0 Å². The molecule has 120 valence electrons. The largest absolute Gasteiger partial charge is 0.399 e. The van der Waals surface area contributed by atoms with Crippen LogP contribution < -0.4 is 11.1 Å². The van der Waals surface area contributed by atoms with Gasteiger partial charge in [-0.2, -0.15) is 5.10 Å². The van der Waals surface area contributed by atoms with E-state index in [0.29, 0.717) is 17.8 Å². The Balaban J connectivity index is 0.00000242. The lowest BCUT2D eigenvalue weighted by Crippen LogP contribution is -2.12. The maximum Gasteiger partial charge on any atom is 0.257 e. The van der Waals surface area contributed by atoms with Gasteiger partial charge < -0.3 is 11.1 Å². The summed E-state index contributed by atoms with van der Waals surface area (Å²) in [4.78, 5) is 11.8. The second kappa shape index (κ2) is 8.33. The van der Waals surface area contributed by atoms with Gasteiger partial charge in [-0.3, -0.25) is 9.48 Å². The second-order valence-electron chi connectivity index (χ2n) is 4.59. The Morgan fingerprint density at radius 3 is 2.77 bits per heavy atom. The summed E-state index contributed by atoms with van der Waals surface area (Å²) in [7, 11) is 0. The van der Waals surface area contributed by atoms with Crippen molar-refractivity contribution in [2.24, 2.45) is 0 Å². The SMILES string of the molecule is Cl.Nc1ccccc1CCC(=O)Nc1cnn(CC(F)F)c1. The number of rotatable bonds is 6. The first-order valence-electron chi connectivity index (χ1n) is 6.48. The molecule has 1 aromatic heterocycles. The van der Waals surface area contributed by atoms with E-state index in [9.17, 15) is 13.6 Å². The lowest BCUT2D eigenvalue weighted by molar-refractivity contribution is -0.116. The van der Waals surface area contributed by atoms with Gasteiger partial charge in [0.15, 0.2) is 0 Å². The van der Waals surface area contributed by atoms with Gasteiger partial charge in [0.25, 0.3) is 6.43 Å². The van der Waals surface area contributed by atoms with Gasteiger partial charge in [0.05, 0.1) is 11.9 Å². The standard InChI is InChI=1S/C14H16F2N4O.ClH/c15-13(16)9-20-8-11(7-18-20)19-14(21)6-5-10-3-1-2-4-12(10)17;/h1-4,7-8,13H,5-6,9,17H2,(H,19,21);1H. The zero-order valence-electron chi connectivity index (χ0n) is 11.7. The van der Waals surface area contributed by atoms with Gasteiger partial charge in [0.2, 0.25) is 5.91 Å². The molecule has 0 aliphatic heterocycles. The van der Waals surface area contributed by atoms with Crippen molar-refractivity contribution in [3.8, 4) is 0 Å². The van der Waals surface area contributed by atoms with E-state index in [4.69, 9.17) is 5.73 Å². The van der Waals surface area contributed by atoms with Crippen LogP contribution in [0.25, 0.3) is 0 Å². The highest BCUT2D eigenvalue weighted by Gasteiger charge is 2.08. The molecule has 2 rings (SSSR count). The fourth-order valence-electron chi connectivity index (χ4n) is 1.90. The summed E-state index contributed by atoms with van der Waals surface area (Å²) in [6, 6.07) is 7.33. The molecule has 1 aromatic carbocycles. The number of hydrogen-bond acceptors (Lipinski definition) is 3. The molecule has 8 heteroatoms. The molecule has 0 spiro atoms. The van der Waals surface area contributed by atoms with Crippen molar-refractivity contribution in [3.63, 3.8) is 0 Å². The Kier molecular flexibility index (Phi) is 6.78. The molecule has 0 saturated carbocycles. The Bertz CT molecular complexity index is 618. The van der Waals surface area contributed by atoms with Gasteiger partial charge in [-0.25, -0.2) is 8.78 Å². The number of halogens is 3. The monoisotopic (exact) mass is 330 g/mol. The number of carbonyl (C=O) groups excluding carboxylic acids is 1. The number of nitrogens with one attached hydrogen (secondary N) is 1. The molecule has 2 aromatic rings. The van der Waals surface area contributed by atoms with E-state index >= 15 is 0 Å². The van der Waals surface area contributed by atoms with E-state index in [2.05, 4.69) is 10.4 Å². The van der Waals surface area contributed by atoms with Gasteiger partial charge in [-0.1, -0.05) is 18.2 Å². The minimum absolute atomic E-state index is 0. The third-order valence-corrected chi connectivity index (χ3v) is 2.92. The van der Waals surface area contributed by atoms with E-state index in [1.165, 1.54) is 12.4 Å². The predicted molar refractivity (Wildman–Crippen MR) is 83.3 cm³/mol. The zero-order valence-corrected chi connectivity index (χ0v) is 12.5. The van der Waals surface area contributed by atoms with E-state index < -0.39 is 13.0 Å². The molecule has 0 aliphatic rings. The van der Waals surface area contributed by atoms with Crippen LogP contribution >= 0.6 is 12.4 Å². The van der Waals surface area contributed by atoms with E-state index in [1.54, 1.807) is 6.07 Å². The molecule has 3 N–H and O–H groups in total. The van der Waals surface area contributed by atoms with Crippen LogP contribution in [0.5, 0.6) is 0 Å². The molecule has 1 amide bonds. The van der Waals surface area contributed by atoms with Crippen LogP contribution in [-0.4, -0.2) is 22.1 Å². The molecular weight excluding hydrogens is 314 g/mol. The third kappa shape index (κ3) is 5.33. The van der Waals surface area contributed by atoms with Gasteiger partial charge in [-0.05, 0) is 18.1 Å². The lowest BCUT2D eigenvalue weighted by atomic mass is 10.1. The maximum atomic E-state index is 12.2.